The van der Waals surface area contributed by atoms with Crippen LogP contribution in [0.15, 0.2) is 30.4 Å². The molecule has 2 rings (SSSR count). The van der Waals surface area contributed by atoms with Crippen LogP contribution in [0.5, 0.6) is 0 Å². The molecule has 2 atom stereocenters. The number of hydrogen-bond donors (Lipinski definition) is 2. The number of aliphatic carboxylic acids is 1. The molecule has 0 radical (unpaired) electrons. The summed E-state index contributed by atoms with van der Waals surface area (Å²) in [7, 11) is 0. The fourth-order valence-corrected chi connectivity index (χ4v) is 2.37. The molecule has 0 spiro atoms. The van der Waals surface area contributed by atoms with E-state index in [0.29, 0.717) is 17.9 Å². The molecule has 0 saturated heterocycles. The molecule has 0 saturated carbocycles. The summed E-state index contributed by atoms with van der Waals surface area (Å²) in [6.07, 6.45) is 4.12. The van der Waals surface area contributed by atoms with E-state index in [1.54, 1.807) is 12.2 Å². The lowest BCUT2D eigenvalue weighted by atomic mass is 9.82. The van der Waals surface area contributed by atoms with E-state index in [-0.39, 0.29) is 5.69 Å². The molecular weight excluding hydrogens is 285 g/mol. The van der Waals surface area contributed by atoms with Crippen molar-refractivity contribution in [1.82, 2.24) is 0 Å². The van der Waals surface area contributed by atoms with E-state index < -0.39 is 29.5 Å². The molecule has 0 fully saturated rings. The van der Waals surface area contributed by atoms with Crippen molar-refractivity contribution in [3.05, 3.63) is 41.2 Å². The molecule has 1 aromatic carbocycles. The zero-order valence-electron chi connectivity index (χ0n) is 10.5. The SMILES string of the molecule is O=C(O)[C@H]1CC=CC[C@H]1C(=O)Nc1cc(Cl)ccc1F. The van der Waals surface area contributed by atoms with Gasteiger partial charge in [0.25, 0.3) is 0 Å². The Morgan fingerprint density at radius 2 is 1.90 bits per heavy atom. The second-order valence-electron chi connectivity index (χ2n) is 4.61. The standard InChI is InChI=1S/C14H13ClFNO3/c15-8-5-6-11(16)12(7-8)17-13(18)9-3-1-2-4-10(9)14(19)20/h1-2,5-7,9-10H,3-4H2,(H,17,18)(H,19,20)/t9-,10+/m1/s1. The highest BCUT2D eigenvalue weighted by Gasteiger charge is 2.34. The number of halogens is 2. The van der Waals surface area contributed by atoms with Gasteiger partial charge < -0.3 is 10.4 Å². The average Bonchev–Trinajstić information content (AvgIpc) is 2.42. The van der Waals surface area contributed by atoms with E-state index >= 15 is 0 Å². The number of nitrogens with one attached hydrogen (secondary N) is 1. The van der Waals surface area contributed by atoms with Gasteiger partial charge in [-0.25, -0.2) is 4.39 Å². The molecule has 1 aliphatic carbocycles. The summed E-state index contributed by atoms with van der Waals surface area (Å²) in [6.45, 7) is 0. The number of carboxylic acids is 1. The van der Waals surface area contributed by atoms with E-state index in [1.807, 2.05) is 0 Å². The summed E-state index contributed by atoms with van der Waals surface area (Å²) in [5.74, 6) is -3.65. The zero-order valence-corrected chi connectivity index (χ0v) is 11.2. The van der Waals surface area contributed by atoms with E-state index in [2.05, 4.69) is 5.32 Å². The molecule has 6 heteroatoms. The van der Waals surface area contributed by atoms with Crippen LogP contribution in [0, 0.1) is 17.7 Å². The van der Waals surface area contributed by atoms with E-state index in [0.717, 1.165) is 6.07 Å². The van der Waals surface area contributed by atoms with Crippen LogP contribution in [-0.4, -0.2) is 17.0 Å². The number of amides is 1. The average molecular weight is 298 g/mol. The lowest BCUT2D eigenvalue weighted by Crippen LogP contribution is -2.34. The van der Waals surface area contributed by atoms with Gasteiger partial charge in [0.2, 0.25) is 5.91 Å². The van der Waals surface area contributed by atoms with Gasteiger partial charge in [0.05, 0.1) is 17.5 Å². The number of anilines is 1. The number of allylic oxidation sites excluding steroid dienone is 2. The Kier molecular flexibility index (Phi) is 4.39. The van der Waals surface area contributed by atoms with Crippen LogP contribution < -0.4 is 5.32 Å². The molecule has 4 nitrogen and oxygen atoms in total. The van der Waals surface area contributed by atoms with Crippen LogP contribution in [0.25, 0.3) is 0 Å². The van der Waals surface area contributed by atoms with Gasteiger partial charge in [-0.05, 0) is 31.0 Å². The van der Waals surface area contributed by atoms with Gasteiger partial charge in [0.15, 0.2) is 0 Å². The van der Waals surface area contributed by atoms with Crippen molar-refractivity contribution < 1.29 is 19.1 Å². The molecule has 1 aromatic rings. The maximum absolute atomic E-state index is 13.5. The number of hydrogen-bond acceptors (Lipinski definition) is 2. The Balaban J connectivity index is 2.16. The number of carboxylic acid groups (broad SMARTS) is 1. The van der Waals surface area contributed by atoms with Crippen molar-refractivity contribution in [2.45, 2.75) is 12.8 Å². The van der Waals surface area contributed by atoms with Gasteiger partial charge >= 0.3 is 5.97 Å². The van der Waals surface area contributed by atoms with Gasteiger partial charge in [-0.2, -0.15) is 0 Å². The summed E-state index contributed by atoms with van der Waals surface area (Å²) in [6, 6.07) is 3.81. The number of rotatable bonds is 3. The van der Waals surface area contributed by atoms with Gasteiger partial charge in [-0.1, -0.05) is 23.8 Å². The minimum Gasteiger partial charge on any atom is -0.481 e. The first kappa shape index (κ1) is 14.5. The van der Waals surface area contributed by atoms with Crippen LogP contribution in [0.3, 0.4) is 0 Å². The number of benzene rings is 1. The first-order valence-corrected chi connectivity index (χ1v) is 6.50. The summed E-state index contributed by atoms with van der Waals surface area (Å²) >= 11 is 5.74. The zero-order chi connectivity index (χ0) is 14.7. The molecule has 20 heavy (non-hydrogen) atoms. The normalized spacial score (nSPS) is 21.5. The summed E-state index contributed by atoms with van der Waals surface area (Å²) in [5, 5.41) is 11.8. The summed E-state index contributed by atoms with van der Waals surface area (Å²) in [4.78, 5) is 23.3. The fraction of sp³-hybridized carbons (Fsp3) is 0.286. The van der Waals surface area contributed by atoms with E-state index in [4.69, 9.17) is 16.7 Å². The Bertz CT molecular complexity index is 574. The van der Waals surface area contributed by atoms with Gasteiger partial charge in [0.1, 0.15) is 5.82 Å². The third-order valence-corrected chi connectivity index (χ3v) is 3.51. The Morgan fingerprint density at radius 3 is 2.55 bits per heavy atom. The van der Waals surface area contributed by atoms with E-state index in [9.17, 15) is 14.0 Å². The topological polar surface area (TPSA) is 66.4 Å². The second kappa shape index (κ2) is 6.05. The molecule has 0 unspecified atom stereocenters. The fourth-order valence-electron chi connectivity index (χ4n) is 2.20. The molecule has 1 aliphatic rings. The first-order valence-electron chi connectivity index (χ1n) is 6.12. The molecule has 0 bridgehead atoms. The van der Waals surface area contributed by atoms with Crippen molar-refractivity contribution in [3.8, 4) is 0 Å². The number of carbonyl (C=O) groups is 2. The van der Waals surface area contributed by atoms with Crippen molar-refractivity contribution in [2.24, 2.45) is 11.8 Å². The summed E-state index contributed by atoms with van der Waals surface area (Å²) in [5.41, 5.74) is -0.0406. The van der Waals surface area contributed by atoms with Crippen molar-refractivity contribution in [3.63, 3.8) is 0 Å². The van der Waals surface area contributed by atoms with Crippen molar-refractivity contribution in [1.29, 1.82) is 0 Å². The molecule has 2 N–H and O–H groups in total. The van der Waals surface area contributed by atoms with Crippen LogP contribution in [0.4, 0.5) is 10.1 Å². The molecular formula is C14H13ClFNO3. The maximum Gasteiger partial charge on any atom is 0.307 e. The smallest absolute Gasteiger partial charge is 0.307 e. The monoisotopic (exact) mass is 297 g/mol. The summed E-state index contributed by atoms with van der Waals surface area (Å²) < 4.78 is 13.5. The third kappa shape index (κ3) is 3.17. The Labute approximate surface area is 120 Å². The molecule has 1 amide bonds. The molecule has 106 valence electrons. The Morgan fingerprint density at radius 1 is 1.25 bits per heavy atom. The highest BCUT2D eigenvalue weighted by Crippen LogP contribution is 2.28. The van der Waals surface area contributed by atoms with Crippen LogP contribution in [0.2, 0.25) is 5.02 Å². The van der Waals surface area contributed by atoms with Crippen molar-refractivity contribution >= 4 is 29.2 Å². The highest BCUT2D eigenvalue weighted by atomic mass is 35.5. The molecule has 0 aromatic heterocycles. The molecule has 0 heterocycles. The minimum atomic E-state index is -1.03. The number of carbonyl (C=O) groups excluding carboxylic acids is 1. The van der Waals surface area contributed by atoms with Crippen LogP contribution in [0.1, 0.15) is 12.8 Å². The van der Waals surface area contributed by atoms with Gasteiger partial charge in [-0.15, -0.1) is 0 Å². The maximum atomic E-state index is 13.5. The quantitative estimate of drug-likeness (QED) is 0.843. The van der Waals surface area contributed by atoms with Crippen LogP contribution >= 0.6 is 11.6 Å². The van der Waals surface area contributed by atoms with Crippen LogP contribution in [-0.2, 0) is 9.59 Å². The predicted molar refractivity (Wildman–Crippen MR) is 73.0 cm³/mol. The molecule has 0 aliphatic heterocycles. The highest BCUT2D eigenvalue weighted by molar-refractivity contribution is 6.30. The van der Waals surface area contributed by atoms with Gasteiger partial charge in [-0.3, -0.25) is 9.59 Å². The predicted octanol–water partition coefficient (Wildman–Crippen LogP) is 3.08. The second-order valence-corrected chi connectivity index (χ2v) is 5.04. The van der Waals surface area contributed by atoms with Crippen molar-refractivity contribution in [2.75, 3.05) is 5.32 Å². The van der Waals surface area contributed by atoms with E-state index in [1.165, 1.54) is 12.1 Å². The Hall–Kier alpha value is -1.88. The largest absolute Gasteiger partial charge is 0.481 e. The lowest BCUT2D eigenvalue weighted by Gasteiger charge is -2.24. The third-order valence-electron chi connectivity index (χ3n) is 3.27. The van der Waals surface area contributed by atoms with Gasteiger partial charge in [0, 0.05) is 5.02 Å². The minimum absolute atomic E-state index is 0.0406. The lowest BCUT2D eigenvalue weighted by molar-refractivity contribution is -0.146. The first-order chi connectivity index (χ1) is 9.49.